The van der Waals surface area contributed by atoms with Crippen LogP contribution >= 0.6 is 23.2 Å². The minimum atomic E-state index is -0.897. The molecular formula is C22H20Cl2N4O3. The van der Waals surface area contributed by atoms with Gasteiger partial charge in [0.15, 0.2) is 0 Å². The number of benzene rings is 2. The fourth-order valence-electron chi connectivity index (χ4n) is 3.05. The number of ether oxygens (including phenoxy) is 1. The van der Waals surface area contributed by atoms with Gasteiger partial charge in [-0.3, -0.25) is 9.59 Å². The smallest absolute Gasteiger partial charge is 0.329 e. The van der Waals surface area contributed by atoms with Gasteiger partial charge in [-0.25, -0.2) is 5.43 Å². The average molecular weight is 459 g/mol. The molecule has 0 unspecified atom stereocenters. The first-order valence-electron chi connectivity index (χ1n) is 9.23. The van der Waals surface area contributed by atoms with Crippen molar-refractivity contribution in [2.24, 2.45) is 5.10 Å². The summed E-state index contributed by atoms with van der Waals surface area (Å²) in [5, 5.41) is 7.51. The summed E-state index contributed by atoms with van der Waals surface area (Å²) in [7, 11) is 1.51. The molecule has 31 heavy (non-hydrogen) atoms. The van der Waals surface area contributed by atoms with Crippen molar-refractivity contribution >= 4 is 46.9 Å². The van der Waals surface area contributed by atoms with Gasteiger partial charge in [0, 0.05) is 33.7 Å². The van der Waals surface area contributed by atoms with Gasteiger partial charge < -0.3 is 14.6 Å². The van der Waals surface area contributed by atoms with Crippen LogP contribution in [0.2, 0.25) is 10.0 Å². The predicted molar refractivity (Wildman–Crippen MR) is 123 cm³/mol. The highest BCUT2D eigenvalue weighted by atomic mass is 35.5. The van der Waals surface area contributed by atoms with Crippen molar-refractivity contribution in [1.29, 1.82) is 0 Å². The molecule has 160 valence electrons. The van der Waals surface area contributed by atoms with Crippen molar-refractivity contribution in [3.63, 3.8) is 0 Å². The average Bonchev–Trinajstić information content (AvgIpc) is 3.03. The Kier molecular flexibility index (Phi) is 6.99. The van der Waals surface area contributed by atoms with Crippen LogP contribution in [-0.4, -0.2) is 29.7 Å². The van der Waals surface area contributed by atoms with Crippen molar-refractivity contribution in [2.75, 3.05) is 12.4 Å². The third kappa shape index (κ3) is 5.25. The highest BCUT2D eigenvalue weighted by Gasteiger charge is 2.15. The lowest BCUT2D eigenvalue weighted by Crippen LogP contribution is -2.32. The highest BCUT2D eigenvalue weighted by molar-refractivity contribution is 6.39. The first-order chi connectivity index (χ1) is 14.8. The number of hydrazone groups is 1. The molecule has 0 saturated carbocycles. The van der Waals surface area contributed by atoms with Crippen molar-refractivity contribution in [1.82, 2.24) is 9.99 Å². The number of halogens is 2. The molecule has 7 nitrogen and oxygen atoms in total. The lowest BCUT2D eigenvalue weighted by Gasteiger charge is -2.12. The van der Waals surface area contributed by atoms with E-state index < -0.39 is 11.8 Å². The van der Waals surface area contributed by atoms with Gasteiger partial charge in [0.25, 0.3) is 0 Å². The van der Waals surface area contributed by atoms with Gasteiger partial charge in [0.05, 0.1) is 24.0 Å². The van der Waals surface area contributed by atoms with Crippen molar-refractivity contribution in [3.8, 4) is 11.4 Å². The Balaban J connectivity index is 1.70. The molecule has 0 spiro atoms. The van der Waals surface area contributed by atoms with E-state index in [0.717, 1.165) is 22.6 Å². The van der Waals surface area contributed by atoms with E-state index in [1.807, 2.05) is 24.5 Å². The molecule has 0 saturated heterocycles. The van der Waals surface area contributed by atoms with E-state index in [1.165, 1.54) is 13.3 Å². The van der Waals surface area contributed by atoms with E-state index in [2.05, 4.69) is 15.8 Å². The Morgan fingerprint density at radius 3 is 2.58 bits per heavy atom. The second kappa shape index (κ2) is 9.68. The molecule has 0 fully saturated rings. The maximum absolute atomic E-state index is 12.1. The van der Waals surface area contributed by atoms with Crippen LogP contribution in [0.5, 0.6) is 5.75 Å². The van der Waals surface area contributed by atoms with Gasteiger partial charge in [-0.1, -0.05) is 29.3 Å². The maximum Gasteiger partial charge on any atom is 0.329 e. The minimum absolute atomic E-state index is 0.436. The third-order valence-electron chi connectivity index (χ3n) is 4.52. The zero-order valence-electron chi connectivity index (χ0n) is 17.1. The molecular weight excluding hydrogens is 439 g/mol. The third-order valence-corrected chi connectivity index (χ3v) is 5.08. The molecule has 2 amide bonds. The van der Waals surface area contributed by atoms with E-state index in [1.54, 1.807) is 42.5 Å². The Morgan fingerprint density at radius 2 is 1.84 bits per heavy atom. The van der Waals surface area contributed by atoms with Crippen LogP contribution in [0.1, 0.15) is 17.0 Å². The molecule has 1 heterocycles. The molecule has 2 N–H and O–H groups in total. The molecule has 0 atom stereocenters. The number of anilines is 1. The van der Waals surface area contributed by atoms with E-state index in [-0.39, 0.29) is 0 Å². The van der Waals surface area contributed by atoms with Gasteiger partial charge in [-0.15, -0.1) is 0 Å². The molecule has 0 bridgehead atoms. The fourth-order valence-corrected chi connectivity index (χ4v) is 3.41. The minimum Gasteiger partial charge on any atom is -0.497 e. The predicted octanol–water partition coefficient (Wildman–Crippen LogP) is 4.50. The second-order valence-electron chi connectivity index (χ2n) is 6.64. The number of hydrogen-bond donors (Lipinski definition) is 2. The summed E-state index contributed by atoms with van der Waals surface area (Å²) in [6, 6.07) is 13.8. The van der Waals surface area contributed by atoms with Crippen LogP contribution < -0.4 is 15.5 Å². The van der Waals surface area contributed by atoms with E-state index in [9.17, 15) is 9.59 Å². The Hall–Kier alpha value is -3.29. The molecule has 0 aliphatic rings. The number of methoxy groups -OCH3 is 1. The molecule has 3 rings (SSSR count). The van der Waals surface area contributed by atoms with Gasteiger partial charge in [-0.05, 0) is 50.2 Å². The number of nitrogens with one attached hydrogen (secondary N) is 2. The van der Waals surface area contributed by atoms with Crippen LogP contribution in [0, 0.1) is 13.8 Å². The summed E-state index contributed by atoms with van der Waals surface area (Å²) in [4.78, 5) is 24.1. The maximum atomic E-state index is 12.1. The SMILES string of the molecule is COc1cccc(NC(=O)C(=O)N/N=C\c2cc(C)n(-c3cc(Cl)ccc3Cl)c2C)c1. The molecule has 0 aliphatic carbocycles. The van der Waals surface area contributed by atoms with Crippen LogP contribution in [-0.2, 0) is 9.59 Å². The molecule has 0 aliphatic heterocycles. The number of rotatable bonds is 5. The number of amides is 2. The quantitative estimate of drug-likeness (QED) is 0.335. The normalized spacial score (nSPS) is 10.9. The molecule has 3 aromatic rings. The Bertz CT molecular complexity index is 1170. The Morgan fingerprint density at radius 1 is 1.06 bits per heavy atom. The summed E-state index contributed by atoms with van der Waals surface area (Å²) >= 11 is 12.4. The van der Waals surface area contributed by atoms with Crippen LogP contribution in [0.15, 0.2) is 53.6 Å². The topological polar surface area (TPSA) is 84.7 Å². The molecule has 2 aromatic carbocycles. The lowest BCUT2D eigenvalue weighted by molar-refractivity contribution is -0.136. The summed E-state index contributed by atoms with van der Waals surface area (Å²) in [5.74, 6) is -1.18. The van der Waals surface area contributed by atoms with E-state index in [0.29, 0.717) is 21.5 Å². The van der Waals surface area contributed by atoms with Crippen LogP contribution in [0.25, 0.3) is 5.69 Å². The van der Waals surface area contributed by atoms with Gasteiger partial charge in [-0.2, -0.15) is 5.10 Å². The molecule has 1 aromatic heterocycles. The first-order valence-corrected chi connectivity index (χ1v) is 9.98. The zero-order chi connectivity index (χ0) is 22.5. The van der Waals surface area contributed by atoms with E-state index >= 15 is 0 Å². The van der Waals surface area contributed by atoms with Gasteiger partial charge in [0.1, 0.15) is 5.75 Å². The lowest BCUT2D eigenvalue weighted by atomic mass is 10.2. The fraction of sp³-hybridized carbons (Fsp3) is 0.136. The van der Waals surface area contributed by atoms with Crippen molar-refractivity contribution in [3.05, 3.63) is 75.5 Å². The first kappa shape index (κ1) is 22.4. The van der Waals surface area contributed by atoms with Crippen LogP contribution in [0.4, 0.5) is 5.69 Å². The summed E-state index contributed by atoms with van der Waals surface area (Å²) < 4.78 is 7.02. The highest BCUT2D eigenvalue weighted by Crippen LogP contribution is 2.28. The number of carbonyl (C=O) groups excluding carboxylic acids is 2. The van der Waals surface area contributed by atoms with Crippen molar-refractivity contribution < 1.29 is 14.3 Å². The molecule has 0 radical (unpaired) electrons. The number of carbonyl (C=O) groups is 2. The number of aryl methyl sites for hydroxylation is 1. The molecule has 9 heteroatoms. The summed E-state index contributed by atoms with van der Waals surface area (Å²) in [6.07, 6.45) is 1.47. The summed E-state index contributed by atoms with van der Waals surface area (Å²) in [5.41, 5.74) is 5.91. The van der Waals surface area contributed by atoms with Gasteiger partial charge in [0.2, 0.25) is 0 Å². The number of hydrogen-bond acceptors (Lipinski definition) is 4. The zero-order valence-corrected chi connectivity index (χ0v) is 18.6. The second-order valence-corrected chi connectivity index (χ2v) is 7.49. The van der Waals surface area contributed by atoms with E-state index in [4.69, 9.17) is 27.9 Å². The summed E-state index contributed by atoms with van der Waals surface area (Å²) in [6.45, 7) is 3.81. The number of aromatic nitrogens is 1. The van der Waals surface area contributed by atoms with Gasteiger partial charge >= 0.3 is 11.8 Å². The standard InChI is InChI=1S/C22H20Cl2N4O3/c1-13-9-15(14(2)28(13)20-10-16(23)7-8-19(20)24)12-25-27-22(30)21(29)26-17-5-4-6-18(11-17)31-3/h4-12H,1-3H3,(H,26,29)(H,27,30)/b25-12-. The number of nitrogens with zero attached hydrogens (tertiary/aromatic N) is 2. The Labute approximate surface area is 189 Å². The van der Waals surface area contributed by atoms with Crippen LogP contribution in [0.3, 0.4) is 0 Å². The monoisotopic (exact) mass is 458 g/mol. The van der Waals surface area contributed by atoms with Crippen molar-refractivity contribution in [2.45, 2.75) is 13.8 Å². The largest absolute Gasteiger partial charge is 0.497 e.